The zero-order chi connectivity index (χ0) is 23.4. The Morgan fingerprint density at radius 3 is 2.16 bits per heavy atom. The molecule has 1 saturated carbocycles. The summed E-state index contributed by atoms with van der Waals surface area (Å²) in [5.41, 5.74) is 0.474. The largest absolute Gasteiger partial charge is 0.494 e. The molecule has 5 heteroatoms. The molecular formula is C27H40O5. The number of carbonyl (C=O) groups excluding carboxylic acids is 2. The van der Waals surface area contributed by atoms with Gasteiger partial charge in [-0.2, -0.15) is 0 Å². The number of benzene rings is 1. The van der Waals surface area contributed by atoms with Crippen molar-refractivity contribution in [3.05, 3.63) is 35.9 Å². The summed E-state index contributed by atoms with van der Waals surface area (Å²) in [6, 6.07) is 7.71. The molecule has 1 fully saturated rings. The highest BCUT2D eigenvalue weighted by molar-refractivity contribution is 5.87. The monoisotopic (exact) mass is 444 g/mol. The second kappa shape index (κ2) is 13.3. The quantitative estimate of drug-likeness (QED) is 0.209. The first-order valence-corrected chi connectivity index (χ1v) is 12.2. The summed E-state index contributed by atoms with van der Waals surface area (Å²) < 4.78 is 17.0. The fraction of sp³-hybridized carbons (Fsp3) is 0.630. The van der Waals surface area contributed by atoms with Gasteiger partial charge in [0.25, 0.3) is 0 Å². The van der Waals surface area contributed by atoms with Crippen LogP contribution in [0.3, 0.4) is 0 Å². The van der Waals surface area contributed by atoms with Crippen molar-refractivity contribution in [2.24, 2.45) is 5.41 Å². The Bertz CT molecular complexity index is 727. The van der Waals surface area contributed by atoms with E-state index < -0.39 is 5.41 Å². The smallest absolute Gasteiger partial charge is 0.331 e. The predicted molar refractivity (Wildman–Crippen MR) is 127 cm³/mol. The molecule has 0 atom stereocenters. The van der Waals surface area contributed by atoms with E-state index in [1.807, 2.05) is 45.0 Å². The molecule has 1 aromatic carbocycles. The Kier molecular flexibility index (Phi) is 10.8. The van der Waals surface area contributed by atoms with Gasteiger partial charge in [-0.1, -0.05) is 45.2 Å². The highest BCUT2D eigenvalue weighted by atomic mass is 16.6. The molecule has 178 valence electrons. The molecule has 0 amide bonds. The number of rotatable bonds is 12. The van der Waals surface area contributed by atoms with Crippen molar-refractivity contribution in [1.29, 1.82) is 0 Å². The summed E-state index contributed by atoms with van der Waals surface area (Å²) in [7, 11) is 0. The molecule has 0 saturated heterocycles. The van der Waals surface area contributed by atoms with Crippen molar-refractivity contribution in [2.45, 2.75) is 97.7 Å². The van der Waals surface area contributed by atoms with E-state index >= 15 is 0 Å². The normalized spacial score (nSPS) is 19.0. The van der Waals surface area contributed by atoms with Crippen molar-refractivity contribution < 1.29 is 23.8 Å². The van der Waals surface area contributed by atoms with Crippen LogP contribution in [0.1, 0.15) is 91.0 Å². The summed E-state index contributed by atoms with van der Waals surface area (Å²) in [6.07, 6.45) is 11.4. The summed E-state index contributed by atoms with van der Waals surface area (Å²) in [4.78, 5) is 24.4. The molecule has 0 aromatic heterocycles. The van der Waals surface area contributed by atoms with Crippen molar-refractivity contribution in [3.8, 4) is 5.75 Å². The number of ether oxygens (including phenoxy) is 3. The summed E-state index contributed by atoms with van der Waals surface area (Å²) in [6.45, 7) is 8.73. The predicted octanol–water partition coefficient (Wildman–Crippen LogP) is 6.49. The first-order valence-electron chi connectivity index (χ1n) is 12.2. The van der Waals surface area contributed by atoms with Gasteiger partial charge in [-0.25, -0.2) is 4.79 Å². The van der Waals surface area contributed by atoms with E-state index in [0.717, 1.165) is 43.6 Å². The Labute approximate surface area is 193 Å². The van der Waals surface area contributed by atoms with Gasteiger partial charge >= 0.3 is 11.9 Å². The lowest BCUT2D eigenvalue weighted by Crippen LogP contribution is -2.34. The second-order valence-electron chi connectivity index (χ2n) is 9.29. The SMILES string of the molecule is CCCCCCOc1ccc(/C=C/C(=O)OC2CCC(OC(=O)C(C)(C)CC)CC2)cc1. The van der Waals surface area contributed by atoms with E-state index in [2.05, 4.69) is 6.92 Å². The molecule has 0 bridgehead atoms. The van der Waals surface area contributed by atoms with E-state index in [1.165, 1.54) is 25.3 Å². The lowest BCUT2D eigenvalue weighted by Gasteiger charge is -2.30. The average Bonchev–Trinajstić information content (AvgIpc) is 2.79. The molecule has 0 aliphatic heterocycles. The van der Waals surface area contributed by atoms with Gasteiger partial charge in [0.05, 0.1) is 12.0 Å². The van der Waals surface area contributed by atoms with Crippen LogP contribution in [0.4, 0.5) is 0 Å². The van der Waals surface area contributed by atoms with Crippen molar-refractivity contribution in [3.63, 3.8) is 0 Å². The molecule has 1 aromatic rings. The van der Waals surface area contributed by atoms with Gasteiger partial charge in [0, 0.05) is 6.08 Å². The molecule has 0 radical (unpaired) electrons. The van der Waals surface area contributed by atoms with Gasteiger partial charge in [0.1, 0.15) is 18.0 Å². The van der Waals surface area contributed by atoms with Crippen LogP contribution in [0, 0.1) is 5.41 Å². The van der Waals surface area contributed by atoms with Gasteiger partial charge in [0.2, 0.25) is 0 Å². The van der Waals surface area contributed by atoms with Gasteiger partial charge in [-0.3, -0.25) is 4.79 Å². The van der Waals surface area contributed by atoms with E-state index in [4.69, 9.17) is 14.2 Å². The number of hydrogen-bond acceptors (Lipinski definition) is 5. The van der Waals surface area contributed by atoms with Crippen LogP contribution >= 0.6 is 0 Å². The Morgan fingerprint density at radius 2 is 1.56 bits per heavy atom. The van der Waals surface area contributed by atoms with Crippen LogP contribution in [0.2, 0.25) is 0 Å². The molecular weight excluding hydrogens is 404 g/mol. The van der Waals surface area contributed by atoms with Crippen LogP contribution in [0.25, 0.3) is 6.08 Å². The molecule has 1 aliphatic carbocycles. The molecule has 2 rings (SSSR count). The molecule has 32 heavy (non-hydrogen) atoms. The lowest BCUT2D eigenvalue weighted by molar-refractivity contribution is -0.164. The van der Waals surface area contributed by atoms with Crippen molar-refractivity contribution in [2.75, 3.05) is 6.61 Å². The fourth-order valence-electron chi connectivity index (χ4n) is 3.49. The summed E-state index contributed by atoms with van der Waals surface area (Å²) in [5, 5.41) is 0. The Morgan fingerprint density at radius 1 is 0.938 bits per heavy atom. The maximum atomic E-state index is 12.2. The minimum Gasteiger partial charge on any atom is -0.494 e. The van der Waals surface area contributed by atoms with Crippen molar-refractivity contribution >= 4 is 18.0 Å². The fourth-order valence-corrected chi connectivity index (χ4v) is 3.49. The van der Waals surface area contributed by atoms with E-state index in [1.54, 1.807) is 6.08 Å². The molecule has 1 aliphatic rings. The van der Waals surface area contributed by atoms with E-state index in [-0.39, 0.29) is 24.1 Å². The van der Waals surface area contributed by atoms with Crippen LogP contribution in [0.5, 0.6) is 5.75 Å². The molecule has 0 heterocycles. The number of unbranched alkanes of at least 4 members (excludes halogenated alkanes) is 3. The zero-order valence-electron chi connectivity index (χ0n) is 20.2. The number of carbonyl (C=O) groups is 2. The maximum Gasteiger partial charge on any atom is 0.331 e. The van der Waals surface area contributed by atoms with Gasteiger partial charge < -0.3 is 14.2 Å². The highest BCUT2D eigenvalue weighted by Crippen LogP contribution is 2.28. The zero-order valence-corrected chi connectivity index (χ0v) is 20.2. The van der Waals surface area contributed by atoms with E-state index in [9.17, 15) is 9.59 Å². The molecule has 0 N–H and O–H groups in total. The highest BCUT2D eigenvalue weighted by Gasteiger charge is 2.32. The Balaban J connectivity index is 1.69. The molecule has 5 nitrogen and oxygen atoms in total. The van der Waals surface area contributed by atoms with Crippen LogP contribution in [-0.2, 0) is 19.1 Å². The minimum atomic E-state index is -0.451. The average molecular weight is 445 g/mol. The van der Waals surface area contributed by atoms with E-state index in [0.29, 0.717) is 12.8 Å². The first-order chi connectivity index (χ1) is 15.3. The molecule has 0 unspecified atom stereocenters. The standard InChI is InChI=1S/C27H40O5/c1-5-7-8-9-20-30-22-13-10-21(11-14-22)12-19-25(28)31-23-15-17-24(18-16-23)32-26(29)27(3,4)6-2/h10-14,19,23-24H,5-9,15-18,20H2,1-4H3/b19-12+. The number of hydrogen-bond donors (Lipinski definition) is 0. The third-order valence-corrected chi connectivity index (χ3v) is 6.17. The minimum absolute atomic E-state index is 0.0776. The van der Waals surface area contributed by atoms with Crippen LogP contribution in [-0.4, -0.2) is 30.8 Å². The van der Waals surface area contributed by atoms with Crippen LogP contribution < -0.4 is 4.74 Å². The van der Waals surface area contributed by atoms with Gasteiger partial charge in [0.15, 0.2) is 0 Å². The second-order valence-corrected chi connectivity index (χ2v) is 9.29. The summed E-state index contributed by atoms with van der Waals surface area (Å²) in [5.74, 6) is 0.367. The number of esters is 2. The third-order valence-electron chi connectivity index (χ3n) is 6.17. The summed E-state index contributed by atoms with van der Waals surface area (Å²) >= 11 is 0. The molecule has 0 spiro atoms. The maximum absolute atomic E-state index is 12.2. The van der Waals surface area contributed by atoms with Crippen molar-refractivity contribution in [1.82, 2.24) is 0 Å². The lowest BCUT2D eigenvalue weighted by atomic mass is 9.90. The van der Waals surface area contributed by atoms with Crippen LogP contribution in [0.15, 0.2) is 30.3 Å². The Hall–Kier alpha value is -2.30. The third kappa shape index (κ3) is 9.05. The van der Waals surface area contributed by atoms with Gasteiger partial charge in [-0.15, -0.1) is 0 Å². The first kappa shape index (κ1) is 26.0. The van der Waals surface area contributed by atoms with Gasteiger partial charge in [-0.05, 0) is 76.1 Å². The topological polar surface area (TPSA) is 61.8 Å².